The van der Waals surface area contributed by atoms with Gasteiger partial charge < -0.3 is 10.6 Å². The number of nitro groups is 1. The van der Waals surface area contributed by atoms with Crippen molar-refractivity contribution in [2.75, 3.05) is 18.0 Å². The van der Waals surface area contributed by atoms with Crippen LogP contribution in [0, 0.1) is 23.0 Å². The number of benzene rings is 1. The maximum absolute atomic E-state index is 10.8. The van der Waals surface area contributed by atoms with Crippen molar-refractivity contribution in [1.29, 1.82) is 0 Å². The third-order valence-electron chi connectivity index (χ3n) is 3.43. The molecule has 2 N–H and O–H groups in total. The number of anilines is 1. The summed E-state index contributed by atoms with van der Waals surface area (Å²) in [5.74, 6) is 0.559. The van der Waals surface area contributed by atoms with Gasteiger partial charge in [-0.15, -0.1) is 0 Å². The Morgan fingerprint density at radius 2 is 2.17 bits per heavy atom. The number of hydrogen-bond donors (Lipinski definition) is 1. The van der Waals surface area contributed by atoms with Crippen LogP contribution in [0.1, 0.15) is 18.9 Å². The van der Waals surface area contributed by atoms with Crippen LogP contribution in [0.4, 0.5) is 11.4 Å². The number of nitro benzene ring substituents is 1. The minimum Gasteiger partial charge on any atom is -0.370 e. The molecule has 0 aliphatic carbocycles. The van der Waals surface area contributed by atoms with Crippen molar-refractivity contribution in [1.82, 2.24) is 0 Å². The van der Waals surface area contributed by atoms with Crippen LogP contribution in [-0.2, 0) is 0 Å². The summed E-state index contributed by atoms with van der Waals surface area (Å²) in [5.41, 5.74) is 7.92. The minimum absolute atomic E-state index is 0.174. The highest BCUT2D eigenvalue weighted by Crippen LogP contribution is 2.27. The highest BCUT2D eigenvalue weighted by atomic mass is 16.6. The van der Waals surface area contributed by atoms with Gasteiger partial charge in [0.2, 0.25) is 0 Å². The summed E-state index contributed by atoms with van der Waals surface area (Å²) >= 11 is 0. The molecule has 2 unspecified atom stereocenters. The predicted octanol–water partition coefficient (Wildman–Crippen LogP) is 2.08. The molecule has 0 bridgehead atoms. The van der Waals surface area contributed by atoms with Crippen LogP contribution in [0.3, 0.4) is 0 Å². The zero-order chi connectivity index (χ0) is 13.3. The van der Waals surface area contributed by atoms with Gasteiger partial charge in [0, 0.05) is 36.4 Å². The zero-order valence-corrected chi connectivity index (χ0v) is 10.8. The monoisotopic (exact) mass is 249 g/mol. The average molecular weight is 249 g/mol. The van der Waals surface area contributed by atoms with Gasteiger partial charge >= 0.3 is 0 Å². The van der Waals surface area contributed by atoms with Crippen LogP contribution in [0.15, 0.2) is 18.2 Å². The van der Waals surface area contributed by atoms with Crippen molar-refractivity contribution < 1.29 is 4.92 Å². The van der Waals surface area contributed by atoms with E-state index in [4.69, 9.17) is 5.73 Å². The van der Waals surface area contributed by atoms with Gasteiger partial charge in [-0.05, 0) is 31.4 Å². The average Bonchev–Trinajstić information content (AvgIpc) is 2.26. The lowest BCUT2D eigenvalue weighted by Gasteiger charge is -2.36. The predicted molar refractivity (Wildman–Crippen MR) is 71.8 cm³/mol. The lowest BCUT2D eigenvalue weighted by Crippen LogP contribution is -2.46. The highest BCUT2D eigenvalue weighted by molar-refractivity contribution is 5.55. The molecule has 0 radical (unpaired) electrons. The number of nitrogens with zero attached hydrogens (tertiary/aromatic N) is 2. The molecule has 2 rings (SSSR count). The van der Waals surface area contributed by atoms with Crippen molar-refractivity contribution in [3.05, 3.63) is 33.9 Å². The number of rotatable bonds is 2. The molecule has 0 aromatic heterocycles. The lowest BCUT2D eigenvalue weighted by molar-refractivity contribution is -0.385. The summed E-state index contributed by atoms with van der Waals surface area (Å²) in [7, 11) is 0. The minimum atomic E-state index is -0.344. The third kappa shape index (κ3) is 2.61. The van der Waals surface area contributed by atoms with Crippen molar-refractivity contribution >= 4 is 11.4 Å². The first-order valence-corrected chi connectivity index (χ1v) is 6.23. The molecule has 1 aromatic rings. The molecular weight excluding hydrogens is 230 g/mol. The fraction of sp³-hybridized carbons (Fsp3) is 0.538. The first-order valence-electron chi connectivity index (χ1n) is 6.23. The first kappa shape index (κ1) is 12.8. The summed E-state index contributed by atoms with van der Waals surface area (Å²) in [6.07, 6.45) is 1.04. The Morgan fingerprint density at radius 3 is 2.72 bits per heavy atom. The van der Waals surface area contributed by atoms with Crippen LogP contribution in [0.25, 0.3) is 0 Å². The molecule has 98 valence electrons. The Morgan fingerprint density at radius 1 is 1.44 bits per heavy atom. The fourth-order valence-electron chi connectivity index (χ4n) is 2.65. The molecule has 5 nitrogen and oxygen atoms in total. The van der Waals surface area contributed by atoms with Gasteiger partial charge in [-0.1, -0.05) is 6.92 Å². The molecule has 5 heteroatoms. The van der Waals surface area contributed by atoms with E-state index in [1.54, 1.807) is 13.0 Å². The van der Waals surface area contributed by atoms with E-state index in [2.05, 4.69) is 11.8 Å². The topological polar surface area (TPSA) is 72.4 Å². The van der Waals surface area contributed by atoms with Gasteiger partial charge in [-0.3, -0.25) is 10.1 Å². The first-order chi connectivity index (χ1) is 8.47. The van der Waals surface area contributed by atoms with Crippen LogP contribution < -0.4 is 10.6 Å². The molecule has 0 saturated carbocycles. The maximum atomic E-state index is 10.8. The van der Waals surface area contributed by atoms with Gasteiger partial charge in [0.1, 0.15) is 0 Å². The molecule has 0 spiro atoms. The van der Waals surface area contributed by atoms with Crippen molar-refractivity contribution in [3.8, 4) is 0 Å². The van der Waals surface area contributed by atoms with Crippen LogP contribution in [-0.4, -0.2) is 24.1 Å². The van der Waals surface area contributed by atoms with Crippen LogP contribution >= 0.6 is 0 Å². The highest BCUT2D eigenvalue weighted by Gasteiger charge is 2.23. The van der Waals surface area contributed by atoms with Gasteiger partial charge in [0.05, 0.1) is 4.92 Å². The van der Waals surface area contributed by atoms with Crippen molar-refractivity contribution in [2.45, 2.75) is 26.3 Å². The summed E-state index contributed by atoms with van der Waals surface area (Å²) in [5, 5.41) is 10.8. The van der Waals surface area contributed by atoms with E-state index in [0.29, 0.717) is 11.5 Å². The Kier molecular flexibility index (Phi) is 3.52. The summed E-state index contributed by atoms with van der Waals surface area (Å²) in [6.45, 7) is 5.74. The molecule has 2 atom stereocenters. The molecule has 1 heterocycles. The standard InChI is InChI=1S/C13H19N3O2/c1-9-5-11(14)8-15(7-9)12-3-4-13(16(17)18)10(2)6-12/h3-4,6,9,11H,5,7-8,14H2,1-2H3. The number of nitrogens with two attached hydrogens (primary N) is 1. The largest absolute Gasteiger partial charge is 0.370 e. The van der Waals surface area contributed by atoms with E-state index in [1.165, 1.54) is 0 Å². The second-order valence-electron chi connectivity index (χ2n) is 5.23. The summed E-state index contributed by atoms with van der Waals surface area (Å²) < 4.78 is 0. The van der Waals surface area contributed by atoms with E-state index in [9.17, 15) is 10.1 Å². The van der Waals surface area contributed by atoms with Crippen LogP contribution in [0.5, 0.6) is 0 Å². The van der Waals surface area contributed by atoms with Gasteiger partial charge in [0.15, 0.2) is 0 Å². The SMILES string of the molecule is Cc1cc(N2CC(C)CC(N)C2)ccc1[N+](=O)[O-]. The van der Waals surface area contributed by atoms with Crippen molar-refractivity contribution in [2.24, 2.45) is 11.7 Å². The Labute approximate surface area is 107 Å². The Bertz CT molecular complexity index is 452. The normalized spacial score (nSPS) is 24.1. The molecule has 1 fully saturated rings. The summed E-state index contributed by atoms with van der Waals surface area (Å²) in [4.78, 5) is 12.7. The number of aryl methyl sites for hydroxylation is 1. The molecule has 1 aromatic carbocycles. The zero-order valence-electron chi connectivity index (χ0n) is 10.8. The van der Waals surface area contributed by atoms with E-state index < -0.39 is 0 Å². The van der Waals surface area contributed by atoms with E-state index >= 15 is 0 Å². The third-order valence-corrected chi connectivity index (χ3v) is 3.43. The lowest BCUT2D eigenvalue weighted by atomic mass is 9.96. The molecule has 18 heavy (non-hydrogen) atoms. The summed E-state index contributed by atoms with van der Waals surface area (Å²) in [6, 6.07) is 5.46. The molecule has 1 saturated heterocycles. The van der Waals surface area contributed by atoms with E-state index in [1.807, 2.05) is 12.1 Å². The van der Waals surface area contributed by atoms with Gasteiger partial charge in [-0.2, -0.15) is 0 Å². The molecule has 1 aliphatic heterocycles. The fourth-order valence-corrected chi connectivity index (χ4v) is 2.65. The molecule has 0 amide bonds. The van der Waals surface area contributed by atoms with E-state index in [0.717, 1.165) is 25.2 Å². The van der Waals surface area contributed by atoms with E-state index in [-0.39, 0.29) is 16.7 Å². The van der Waals surface area contributed by atoms with Gasteiger partial charge in [0.25, 0.3) is 5.69 Å². The smallest absolute Gasteiger partial charge is 0.272 e. The quantitative estimate of drug-likeness (QED) is 0.643. The Balaban J connectivity index is 2.23. The number of piperidine rings is 1. The van der Waals surface area contributed by atoms with Gasteiger partial charge in [-0.25, -0.2) is 0 Å². The van der Waals surface area contributed by atoms with Crippen molar-refractivity contribution in [3.63, 3.8) is 0 Å². The molecular formula is C13H19N3O2. The Hall–Kier alpha value is -1.62. The molecule has 1 aliphatic rings. The van der Waals surface area contributed by atoms with Crippen LogP contribution in [0.2, 0.25) is 0 Å². The maximum Gasteiger partial charge on any atom is 0.272 e. The second-order valence-corrected chi connectivity index (χ2v) is 5.23. The second kappa shape index (κ2) is 4.94. The number of hydrogen-bond acceptors (Lipinski definition) is 4.